The molecule has 94 valence electrons. The Bertz CT molecular complexity index is 555. The topological polar surface area (TPSA) is 35.0 Å². The predicted molar refractivity (Wildman–Crippen MR) is 58.9 cm³/mol. The minimum Gasteiger partial charge on any atom is -0.406 e. The van der Waals surface area contributed by atoms with E-state index in [-0.39, 0.29) is 5.75 Å². The van der Waals surface area contributed by atoms with Crippen LogP contribution < -0.4 is 4.74 Å². The lowest BCUT2D eigenvalue weighted by Crippen LogP contribution is -2.17. The number of nitrogens with zero attached hydrogens (tertiary/aromatic N) is 2. The zero-order valence-electron chi connectivity index (χ0n) is 9.40. The number of hydrogen-bond donors (Lipinski definition) is 0. The molecule has 0 amide bonds. The van der Waals surface area contributed by atoms with Crippen LogP contribution in [-0.2, 0) is 0 Å². The van der Waals surface area contributed by atoms with Crippen LogP contribution in [0, 0.1) is 6.92 Å². The molecule has 0 radical (unpaired) electrons. The van der Waals surface area contributed by atoms with E-state index < -0.39 is 6.36 Å². The quantitative estimate of drug-likeness (QED) is 0.824. The molecule has 2 aromatic rings. The summed E-state index contributed by atoms with van der Waals surface area (Å²) < 4.78 is 40.1. The Morgan fingerprint density at radius 3 is 2.56 bits per heavy atom. The van der Waals surface area contributed by atoms with Gasteiger partial charge in [-0.15, -0.1) is 13.2 Å². The molecule has 0 saturated heterocycles. The molecule has 3 nitrogen and oxygen atoms in total. The first kappa shape index (κ1) is 12.3. The van der Waals surface area contributed by atoms with Gasteiger partial charge < -0.3 is 4.74 Å². The SMILES string of the molecule is Cc1cc(-c2cccc(OC(F)(F)F)c2)ncn1. The Labute approximate surface area is 101 Å². The summed E-state index contributed by atoms with van der Waals surface area (Å²) in [7, 11) is 0. The van der Waals surface area contributed by atoms with Crippen molar-refractivity contribution in [2.45, 2.75) is 13.3 Å². The summed E-state index contributed by atoms with van der Waals surface area (Å²) in [5.41, 5.74) is 1.83. The molecule has 0 saturated carbocycles. The molecule has 0 fully saturated rings. The van der Waals surface area contributed by atoms with Gasteiger partial charge in [0.05, 0.1) is 5.69 Å². The first-order valence-corrected chi connectivity index (χ1v) is 5.09. The lowest BCUT2D eigenvalue weighted by Gasteiger charge is -2.09. The molecule has 1 heterocycles. The molecule has 0 bridgehead atoms. The van der Waals surface area contributed by atoms with E-state index in [0.29, 0.717) is 11.3 Å². The standard InChI is InChI=1S/C12H9F3N2O/c1-8-5-11(17-7-16-8)9-3-2-4-10(6-9)18-12(13,14)15/h2-7H,1H3. The molecule has 1 aromatic carbocycles. The summed E-state index contributed by atoms with van der Waals surface area (Å²) in [5, 5.41) is 0. The fourth-order valence-electron chi connectivity index (χ4n) is 1.46. The van der Waals surface area contributed by atoms with Crippen LogP contribution in [0.3, 0.4) is 0 Å². The van der Waals surface area contributed by atoms with Gasteiger partial charge in [0.2, 0.25) is 0 Å². The number of benzene rings is 1. The lowest BCUT2D eigenvalue weighted by molar-refractivity contribution is -0.274. The number of halogens is 3. The Balaban J connectivity index is 2.33. The lowest BCUT2D eigenvalue weighted by atomic mass is 10.1. The van der Waals surface area contributed by atoms with E-state index in [0.717, 1.165) is 5.69 Å². The number of hydrogen-bond acceptors (Lipinski definition) is 3. The van der Waals surface area contributed by atoms with Gasteiger partial charge in [-0.2, -0.15) is 0 Å². The monoisotopic (exact) mass is 254 g/mol. The maximum Gasteiger partial charge on any atom is 0.573 e. The number of aromatic nitrogens is 2. The van der Waals surface area contributed by atoms with Crippen molar-refractivity contribution in [3.05, 3.63) is 42.4 Å². The van der Waals surface area contributed by atoms with E-state index in [1.807, 2.05) is 0 Å². The van der Waals surface area contributed by atoms with Crippen molar-refractivity contribution >= 4 is 0 Å². The normalized spacial score (nSPS) is 11.3. The van der Waals surface area contributed by atoms with Crippen LogP contribution in [-0.4, -0.2) is 16.3 Å². The third-order valence-electron chi connectivity index (χ3n) is 2.17. The zero-order valence-corrected chi connectivity index (χ0v) is 9.40. The second-order valence-electron chi connectivity index (χ2n) is 3.62. The van der Waals surface area contributed by atoms with Crippen LogP contribution in [0.5, 0.6) is 5.75 Å². The van der Waals surface area contributed by atoms with Crippen molar-refractivity contribution in [1.82, 2.24) is 9.97 Å². The Hall–Kier alpha value is -2.11. The van der Waals surface area contributed by atoms with Crippen LogP contribution >= 0.6 is 0 Å². The Kier molecular flexibility index (Phi) is 3.18. The number of alkyl halides is 3. The summed E-state index contributed by atoms with van der Waals surface area (Å²) in [4.78, 5) is 7.92. The van der Waals surface area contributed by atoms with E-state index in [2.05, 4.69) is 14.7 Å². The largest absolute Gasteiger partial charge is 0.573 e. The second kappa shape index (κ2) is 4.64. The molecule has 0 unspecified atom stereocenters. The summed E-state index contributed by atoms with van der Waals surface area (Å²) in [6, 6.07) is 7.35. The van der Waals surface area contributed by atoms with E-state index in [4.69, 9.17) is 0 Å². The smallest absolute Gasteiger partial charge is 0.406 e. The maximum atomic E-state index is 12.1. The van der Waals surface area contributed by atoms with Gasteiger partial charge in [0, 0.05) is 11.3 Å². The molecule has 1 aromatic heterocycles. The molecule has 0 atom stereocenters. The van der Waals surface area contributed by atoms with Crippen molar-refractivity contribution in [3.8, 4) is 17.0 Å². The van der Waals surface area contributed by atoms with Gasteiger partial charge in [-0.1, -0.05) is 12.1 Å². The van der Waals surface area contributed by atoms with Gasteiger partial charge in [0.25, 0.3) is 0 Å². The molecule has 0 aliphatic rings. The van der Waals surface area contributed by atoms with Gasteiger partial charge in [0.15, 0.2) is 0 Å². The average Bonchev–Trinajstić information content (AvgIpc) is 2.27. The average molecular weight is 254 g/mol. The maximum absolute atomic E-state index is 12.1. The van der Waals surface area contributed by atoms with Crippen LogP contribution in [0.25, 0.3) is 11.3 Å². The highest BCUT2D eigenvalue weighted by Crippen LogP contribution is 2.26. The molecular weight excluding hydrogens is 245 g/mol. The van der Waals surface area contributed by atoms with Crippen molar-refractivity contribution < 1.29 is 17.9 Å². The van der Waals surface area contributed by atoms with Crippen LogP contribution in [0.4, 0.5) is 13.2 Å². The molecule has 0 N–H and O–H groups in total. The highest BCUT2D eigenvalue weighted by molar-refractivity contribution is 5.61. The minimum absolute atomic E-state index is 0.267. The van der Waals surface area contributed by atoms with Crippen LogP contribution in [0.15, 0.2) is 36.7 Å². The fraction of sp³-hybridized carbons (Fsp3) is 0.167. The Morgan fingerprint density at radius 1 is 1.11 bits per heavy atom. The van der Waals surface area contributed by atoms with Crippen molar-refractivity contribution in [1.29, 1.82) is 0 Å². The summed E-state index contributed by atoms with van der Waals surface area (Å²) in [6.07, 6.45) is -3.33. The van der Waals surface area contributed by atoms with E-state index in [9.17, 15) is 13.2 Å². The van der Waals surface area contributed by atoms with Crippen molar-refractivity contribution in [3.63, 3.8) is 0 Å². The number of ether oxygens (including phenoxy) is 1. The summed E-state index contributed by atoms with van der Waals surface area (Å²) >= 11 is 0. The van der Waals surface area contributed by atoms with Crippen LogP contribution in [0.1, 0.15) is 5.69 Å². The third-order valence-corrected chi connectivity index (χ3v) is 2.17. The summed E-state index contributed by atoms with van der Waals surface area (Å²) in [6.45, 7) is 1.78. The molecule has 6 heteroatoms. The van der Waals surface area contributed by atoms with Crippen molar-refractivity contribution in [2.24, 2.45) is 0 Å². The van der Waals surface area contributed by atoms with E-state index in [1.54, 1.807) is 19.1 Å². The molecule has 0 aliphatic carbocycles. The first-order chi connectivity index (χ1) is 8.44. The molecule has 0 spiro atoms. The molecule has 18 heavy (non-hydrogen) atoms. The first-order valence-electron chi connectivity index (χ1n) is 5.09. The highest BCUT2D eigenvalue weighted by Gasteiger charge is 2.31. The van der Waals surface area contributed by atoms with Gasteiger partial charge >= 0.3 is 6.36 Å². The zero-order chi connectivity index (χ0) is 13.2. The van der Waals surface area contributed by atoms with Gasteiger partial charge in [0.1, 0.15) is 12.1 Å². The Morgan fingerprint density at radius 2 is 1.89 bits per heavy atom. The third kappa shape index (κ3) is 3.19. The van der Waals surface area contributed by atoms with Crippen molar-refractivity contribution in [2.75, 3.05) is 0 Å². The minimum atomic E-state index is -4.69. The van der Waals surface area contributed by atoms with Gasteiger partial charge in [-0.05, 0) is 25.1 Å². The van der Waals surface area contributed by atoms with Crippen LogP contribution in [0.2, 0.25) is 0 Å². The predicted octanol–water partition coefficient (Wildman–Crippen LogP) is 3.35. The van der Waals surface area contributed by atoms with E-state index >= 15 is 0 Å². The number of aryl methyl sites for hydroxylation is 1. The van der Waals surface area contributed by atoms with Gasteiger partial charge in [-0.25, -0.2) is 9.97 Å². The fourth-order valence-corrected chi connectivity index (χ4v) is 1.46. The van der Waals surface area contributed by atoms with E-state index in [1.165, 1.54) is 24.5 Å². The highest BCUT2D eigenvalue weighted by atomic mass is 19.4. The second-order valence-corrected chi connectivity index (χ2v) is 3.62. The number of rotatable bonds is 2. The molecule has 0 aliphatic heterocycles. The molecular formula is C12H9F3N2O. The molecule has 2 rings (SSSR count). The summed E-state index contributed by atoms with van der Waals surface area (Å²) in [5.74, 6) is -0.267. The van der Waals surface area contributed by atoms with Gasteiger partial charge in [-0.3, -0.25) is 0 Å².